The Morgan fingerprint density at radius 2 is 1.78 bits per heavy atom. The Kier molecular flexibility index (Phi) is 6.12. The fourth-order valence-electron chi connectivity index (χ4n) is 1.82. The van der Waals surface area contributed by atoms with Gasteiger partial charge in [-0.05, 0) is 24.8 Å². The molecule has 0 bridgehead atoms. The molecule has 18 heavy (non-hydrogen) atoms. The molecule has 1 N–H and O–H groups in total. The normalized spacial score (nSPS) is 15.7. The minimum absolute atomic E-state index is 0.299. The van der Waals surface area contributed by atoms with Crippen molar-refractivity contribution in [2.45, 2.75) is 39.0 Å². The van der Waals surface area contributed by atoms with Gasteiger partial charge in [-0.3, -0.25) is 9.59 Å². The van der Waals surface area contributed by atoms with Gasteiger partial charge in [0, 0.05) is 12.8 Å². The summed E-state index contributed by atoms with van der Waals surface area (Å²) in [5, 5.41) is 8.64. The van der Waals surface area contributed by atoms with Crippen LogP contribution in [-0.4, -0.2) is 16.9 Å². The number of Topliss-reactive ketones (excluding diaryl/α,β-unsaturated/α-hetero) is 1. The van der Waals surface area contributed by atoms with Crippen molar-refractivity contribution in [3.05, 3.63) is 35.9 Å². The maximum absolute atomic E-state index is 10.5. The molecule has 3 heteroatoms. The van der Waals surface area contributed by atoms with Gasteiger partial charge in [-0.25, -0.2) is 0 Å². The second-order valence-corrected chi connectivity index (χ2v) is 4.67. The van der Waals surface area contributed by atoms with Crippen molar-refractivity contribution in [1.29, 1.82) is 0 Å². The molecule has 1 aliphatic rings. The fourth-order valence-corrected chi connectivity index (χ4v) is 1.82. The number of carboxylic acids is 1. The summed E-state index contributed by atoms with van der Waals surface area (Å²) in [6, 6.07) is 9.65. The number of hydrogen-bond acceptors (Lipinski definition) is 2. The lowest BCUT2D eigenvalue weighted by Gasteiger charge is -2.04. The summed E-state index contributed by atoms with van der Waals surface area (Å²) >= 11 is 0. The van der Waals surface area contributed by atoms with Crippen molar-refractivity contribution in [3.8, 4) is 0 Å². The van der Waals surface area contributed by atoms with Crippen LogP contribution in [0.3, 0.4) is 0 Å². The maximum Gasteiger partial charge on any atom is 0.306 e. The molecule has 0 aliphatic heterocycles. The number of ketones is 1. The number of carbonyl (C=O) groups excluding carboxylic acids is 1. The summed E-state index contributed by atoms with van der Waals surface area (Å²) in [6.45, 7) is 1.72. The van der Waals surface area contributed by atoms with Gasteiger partial charge in [0.1, 0.15) is 5.78 Å². The predicted octanol–water partition coefficient (Wildman–Crippen LogP) is 3.08. The van der Waals surface area contributed by atoms with Crippen molar-refractivity contribution in [1.82, 2.24) is 0 Å². The van der Waals surface area contributed by atoms with Crippen LogP contribution in [0, 0.1) is 5.92 Å². The van der Waals surface area contributed by atoms with Crippen LogP contribution in [0.5, 0.6) is 0 Å². The summed E-state index contributed by atoms with van der Waals surface area (Å²) in [5.41, 5.74) is 1.08. The summed E-state index contributed by atoms with van der Waals surface area (Å²) < 4.78 is 0. The Morgan fingerprint density at radius 1 is 1.22 bits per heavy atom. The van der Waals surface area contributed by atoms with E-state index in [9.17, 15) is 9.59 Å². The number of benzene rings is 1. The van der Waals surface area contributed by atoms with Crippen molar-refractivity contribution >= 4 is 11.8 Å². The third-order valence-electron chi connectivity index (χ3n) is 2.97. The molecule has 3 nitrogen and oxygen atoms in total. The van der Waals surface area contributed by atoms with Crippen LogP contribution >= 0.6 is 0 Å². The molecule has 1 unspecified atom stereocenters. The zero-order chi connectivity index (χ0) is 13.4. The third kappa shape index (κ3) is 5.62. The molecule has 98 valence electrons. The van der Waals surface area contributed by atoms with Gasteiger partial charge in [-0.2, -0.15) is 0 Å². The second-order valence-electron chi connectivity index (χ2n) is 4.67. The molecular formula is C15H20O3. The molecule has 1 aliphatic carbocycles. The summed E-state index contributed by atoms with van der Waals surface area (Å²) in [7, 11) is 0. The Bertz CT molecular complexity index is 376. The monoisotopic (exact) mass is 248 g/mol. The molecule has 1 saturated carbocycles. The van der Waals surface area contributed by atoms with Gasteiger partial charge in [0.2, 0.25) is 0 Å². The number of hydrogen-bond donors (Lipinski definition) is 1. The van der Waals surface area contributed by atoms with Crippen LogP contribution < -0.4 is 0 Å². The number of aliphatic carboxylic acids is 1. The highest BCUT2D eigenvalue weighted by atomic mass is 16.4. The van der Waals surface area contributed by atoms with Crippen molar-refractivity contribution in [3.63, 3.8) is 0 Å². The van der Waals surface area contributed by atoms with Crippen LogP contribution in [0.2, 0.25) is 0 Å². The van der Waals surface area contributed by atoms with E-state index in [1.54, 1.807) is 6.92 Å². The van der Waals surface area contributed by atoms with Crippen LogP contribution in [0.25, 0.3) is 0 Å². The lowest BCUT2D eigenvalue weighted by Crippen LogP contribution is -2.11. The lowest BCUT2D eigenvalue weighted by molar-refractivity contribution is -0.141. The molecule has 0 aromatic heterocycles. The molecule has 0 amide bonds. The highest BCUT2D eigenvalue weighted by molar-refractivity contribution is 5.80. The number of carboxylic acid groups (broad SMARTS) is 1. The largest absolute Gasteiger partial charge is 0.481 e. The van der Waals surface area contributed by atoms with E-state index in [0.29, 0.717) is 12.2 Å². The standard InChI is InChI=1S/C10H12O2.C5H8O/c1-8(10(11)12)7-9-5-3-2-4-6-9;6-5-3-1-2-4-5/h2-6,8H,7H2,1H3,(H,11,12);1-4H2. The number of carbonyl (C=O) groups is 2. The van der Waals surface area contributed by atoms with Crippen LogP contribution in [-0.2, 0) is 16.0 Å². The highest BCUT2D eigenvalue weighted by Gasteiger charge is 2.10. The van der Waals surface area contributed by atoms with Gasteiger partial charge < -0.3 is 5.11 Å². The maximum atomic E-state index is 10.5. The summed E-state index contributed by atoms with van der Waals surface area (Å²) in [6.07, 6.45) is 4.58. The summed E-state index contributed by atoms with van der Waals surface area (Å²) in [5.74, 6) is -0.582. The Hall–Kier alpha value is -1.64. The van der Waals surface area contributed by atoms with Crippen molar-refractivity contribution in [2.24, 2.45) is 5.92 Å². The van der Waals surface area contributed by atoms with E-state index in [2.05, 4.69) is 0 Å². The van der Waals surface area contributed by atoms with Gasteiger partial charge in [-0.15, -0.1) is 0 Å². The Labute approximate surface area is 108 Å². The van der Waals surface area contributed by atoms with E-state index < -0.39 is 5.97 Å². The molecule has 0 heterocycles. The fraction of sp³-hybridized carbons (Fsp3) is 0.467. The molecule has 1 fully saturated rings. The average molecular weight is 248 g/mol. The van der Waals surface area contributed by atoms with Gasteiger partial charge in [0.15, 0.2) is 0 Å². The minimum Gasteiger partial charge on any atom is -0.481 e. The first-order chi connectivity index (χ1) is 8.59. The molecule has 0 spiro atoms. The van der Waals surface area contributed by atoms with E-state index in [0.717, 1.165) is 31.2 Å². The van der Waals surface area contributed by atoms with E-state index in [-0.39, 0.29) is 5.92 Å². The second kappa shape index (κ2) is 7.64. The first kappa shape index (κ1) is 14.4. The molecule has 1 aromatic rings. The van der Waals surface area contributed by atoms with Gasteiger partial charge >= 0.3 is 5.97 Å². The smallest absolute Gasteiger partial charge is 0.306 e. The van der Waals surface area contributed by atoms with Crippen LogP contribution in [0.4, 0.5) is 0 Å². The van der Waals surface area contributed by atoms with Crippen molar-refractivity contribution < 1.29 is 14.7 Å². The molecule has 0 radical (unpaired) electrons. The van der Waals surface area contributed by atoms with Crippen LogP contribution in [0.15, 0.2) is 30.3 Å². The van der Waals surface area contributed by atoms with E-state index in [4.69, 9.17) is 5.11 Å². The molecule has 1 atom stereocenters. The Balaban J connectivity index is 0.000000225. The first-order valence-electron chi connectivity index (χ1n) is 6.38. The van der Waals surface area contributed by atoms with Gasteiger partial charge in [0.25, 0.3) is 0 Å². The van der Waals surface area contributed by atoms with Crippen LogP contribution in [0.1, 0.15) is 38.2 Å². The average Bonchev–Trinajstić information content (AvgIpc) is 2.82. The zero-order valence-corrected chi connectivity index (χ0v) is 10.8. The van der Waals surface area contributed by atoms with E-state index >= 15 is 0 Å². The first-order valence-corrected chi connectivity index (χ1v) is 6.38. The molecule has 0 saturated heterocycles. The SMILES string of the molecule is CC(Cc1ccccc1)C(=O)O.O=C1CCCC1. The van der Waals surface area contributed by atoms with E-state index in [1.165, 1.54) is 0 Å². The summed E-state index contributed by atoms with van der Waals surface area (Å²) in [4.78, 5) is 20.7. The topological polar surface area (TPSA) is 54.4 Å². The van der Waals surface area contributed by atoms with Gasteiger partial charge in [-0.1, -0.05) is 37.3 Å². The van der Waals surface area contributed by atoms with Gasteiger partial charge in [0.05, 0.1) is 5.92 Å². The zero-order valence-electron chi connectivity index (χ0n) is 10.8. The molecule has 1 aromatic carbocycles. The molecule has 2 rings (SSSR count). The quantitative estimate of drug-likeness (QED) is 0.894. The van der Waals surface area contributed by atoms with E-state index in [1.807, 2.05) is 30.3 Å². The predicted molar refractivity (Wildman–Crippen MR) is 70.4 cm³/mol. The minimum atomic E-state index is -0.737. The third-order valence-corrected chi connectivity index (χ3v) is 2.97. The molecular weight excluding hydrogens is 228 g/mol. The lowest BCUT2D eigenvalue weighted by atomic mass is 10.0. The Morgan fingerprint density at radius 3 is 2.17 bits per heavy atom. The number of rotatable bonds is 3. The highest BCUT2D eigenvalue weighted by Crippen LogP contribution is 2.11. The van der Waals surface area contributed by atoms with Crippen molar-refractivity contribution in [2.75, 3.05) is 0 Å².